The third-order valence-electron chi connectivity index (χ3n) is 2.73. The number of nitrogens with zero attached hydrogens (tertiary/aromatic N) is 1. The third-order valence-corrected chi connectivity index (χ3v) is 2.73. The predicted octanol–water partition coefficient (Wildman–Crippen LogP) is 1.23. The van der Waals surface area contributed by atoms with Crippen molar-refractivity contribution in [3.05, 3.63) is 35.9 Å². The van der Waals surface area contributed by atoms with E-state index < -0.39 is 0 Å². The summed E-state index contributed by atoms with van der Waals surface area (Å²) >= 11 is 0. The number of rotatable bonds is 5. The van der Waals surface area contributed by atoms with Crippen molar-refractivity contribution in [3.8, 4) is 0 Å². The first-order valence-corrected chi connectivity index (χ1v) is 5.57. The highest BCUT2D eigenvalue weighted by Gasteiger charge is 2.35. The second-order valence-corrected chi connectivity index (χ2v) is 5.03. The number of hydrogen-bond acceptors (Lipinski definition) is 2. The number of likely N-dealkylation sites (N-methyl/N-ethyl adjacent to an activating group) is 1. The summed E-state index contributed by atoms with van der Waals surface area (Å²) < 4.78 is 5.69. The normalized spacial score (nSPS) is 19.5. The maximum atomic E-state index is 11.7. The number of hydrogen-bond donors (Lipinski definition) is 0. The van der Waals surface area contributed by atoms with E-state index in [9.17, 15) is 4.79 Å². The smallest absolute Gasteiger partial charge is 0.217 e. The SMILES string of the molecule is C[N+](C)(CC(=O)C1CO1)Cc1ccccc1. The molecule has 0 bridgehead atoms. The van der Waals surface area contributed by atoms with Gasteiger partial charge in [0.05, 0.1) is 20.7 Å². The number of carbonyl (C=O) groups is 1. The zero-order chi connectivity index (χ0) is 11.6. The molecule has 0 aromatic heterocycles. The van der Waals surface area contributed by atoms with Gasteiger partial charge in [-0.25, -0.2) is 0 Å². The molecule has 1 aromatic carbocycles. The number of ketones is 1. The summed E-state index contributed by atoms with van der Waals surface area (Å²) in [6.45, 7) is 2.03. The molecule has 0 saturated carbocycles. The summed E-state index contributed by atoms with van der Waals surface area (Å²) in [7, 11) is 4.15. The fourth-order valence-electron chi connectivity index (χ4n) is 1.89. The second-order valence-electron chi connectivity index (χ2n) is 5.03. The monoisotopic (exact) mass is 220 g/mol. The first-order valence-electron chi connectivity index (χ1n) is 5.57. The van der Waals surface area contributed by atoms with Gasteiger partial charge in [-0.3, -0.25) is 4.79 Å². The van der Waals surface area contributed by atoms with Crippen LogP contribution in [0.2, 0.25) is 0 Å². The highest BCUT2D eigenvalue weighted by molar-refractivity contribution is 5.86. The van der Waals surface area contributed by atoms with Crippen molar-refractivity contribution >= 4 is 5.78 Å². The van der Waals surface area contributed by atoms with E-state index in [0.29, 0.717) is 17.6 Å². The summed E-state index contributed by atoms with van der Waals surface area (Å²) in [4.78, 5) is 11.7. The van der Waals surface area contributed by atoms with Crippen LogP contribution in [0, 0.1) is 0 Å². The standard InChI is InChI=1S/C13H18NO2/c1-14(2,9-12(15)13-10-16-13)8-11-6-4-3-5-7-11/h3-7,13H,8-10H2,1-2H3/q+1. The van der Waals surface area contributed by atoms with E-state index in [-0.39, 0.29) is 11.9 Å². The molecule has 0 aliphatic carbocycles. The van der Waals surface area contributed by atoms with E-state index in [1.54, 1.807) is 0 Å². The number of carbonyl (C=O) groups excluding carboxylic acids is 1. The van der Waals surface area contributed by atoms with E-state index in [0.717, 1.165) is 6.54 Å². The molecule has 1 fully saturated rings. The topological polar surface area (TPSA) is 29.6 Å². The molecule has 1 atom stereocenters. The molecule has 0 amide bonds. The summed E-state index contributed by atoms with van der Waals surface area (Å²) in [5.74, 6) is 0.223. The molecule has 3 nitrogen and oxygen atoms in total. The van der Waals surface area contributed by atoms with Crippen LogP contribution in [0.15, 0.2) is 30.3 Å². The Balaban J connectivity index is 1.93. The fraction of sp³-hybridized carbons (Fsp3) is 0.462. The molecule has 1 saturated heterocycles. The lowest BCUT2D eigenvalue weighted by Crippen LogP contribution is -2.44. The lowest BCUT2D eigenvalue weighted by molar-refractivity contribution is -0.895. The van der Waals surface area contributed by atoms with Crippen LogP contribution < -0.4 is 0 Å². The zero-order valence-electron chi connectivity index (χ0n) is 9.85. The Labute approximate surface area is 96.2 Å². The van der Waals surface area contributed by atoms with Gasteiger partial charge in [0.25, 0.3) is 0 Å². The first kappa shape index (κ1) is 11.3. The molecule has 0 spiro atoms. The van der Waals surface area contributed by atoms with Crippen LogP contribution in [0.1, 0.15) is 5.56 Å². The van der Waals surface area contributed by atoms with Gasteiger partial charge in [0.1, 0.15) is 19.2 Å². The number of ether oxygens (including phenoxy) is 1. The molecule has 0 N–H and O–H groups in total. The highest BCUT2D eigenvalue weighted by Crippen LogP contribution is 2.14. The number of benzene rings is 1. The minimum atomic E-state index is -0.117. The summed E-state index contributed by atoms with van der Waals surface area (Å²) in [6.07, 6.45) is -0.117. The molecule has 1 aliphatic rings. The average Bonchev–Trinajstić information content (AvgIpc) is 3.00. The van der Waals surface area contributed by atoms with Gasteiger partial charge in [0.15, 0.2) is 0 Å². The van der Waals surface area contributed by atoms with Crippen LogP contribution in [0.3, 0.4) is 0 Å². The molecular formula is C13H18NO2+. The van der Waals surface area contributed by atoms with Gasteiger partial charge in [0, 0.05) is 5.56 Å². The molecule has 1 unspecified atom stereocenters. The van der Waals surface area contributed by atoms with Gasteiger partial charge in [-0.05, 0) is 0 Å². The van der Waals surface area contributed by atoms with Crippen molar-refractivity contribution in [2.24, 2.45) is 0 Å². The van der Waals surface area contributed by atoms with E-state index in [1.165, 1.54) is 5.56 Å². The van der Waals surface area contributed by atoms with Gasteiger partial charge < -0.3 is 9.22 Å². The lowest BCUT2D eigenvalue weighted by atomic mass is 10.2. The molecule has 16 heavy (non-hydrogen) atoms. The fourth-order valence-corrected chi connectivity index (χ4v) is 1.89. The van der Waals surface area contributed by atoms with Crippen molar-refractivity contribution in [2.45, 2.75) is 12.6 Å². The van der Waals surface area contributed by atoms with Gasteiger partial charge >= 0.3 is 0 Å². The van der Waals surface area contributed by atoms with Gasteiger partial charge in [-0.15, -0.1) is 0 Å². The maximum Gasteiger partial charge on any atom is 0.217 e. The molecule has 86 valence electrons. The van der Waals surface area contributed by atoms with Crippen LogP contribution in [-0.4, -0.2) is 43.6 Å². The molecule has 0 radical (unpaired) electrons. The zero-order valence-corrected chi connectivity index (χ0v) is 9.85. The van der Waals surface area contributed by atoms with Crippen molar-refractivity contribution in [3.63, 3.8) is 0 Å². The molecular weight excluding hydrogens is 202 g/mol. The summed E-state index contributed by atoms with van der Waals surface area (Å²) in [6, 6.07) is 10.3. The lowest BCUT2D eigenvalue weighted by Gasteiger charge is -2.28. The van der Waals surface area contributed by atoms with E-state index in [2.05, 4.69) is 26.2 Å². The van der Waals surface area contributed by atoms with E-state index in [1.807, 2.05) is 18.2 Å². The minimum absolute atomic E-state index is 0.117. The Morgan fingerprint density at radius 1 is 1.38 bits per heavy atom. The van der Waals surface area contributed by atoms with Crippen molar-refractivity contribution < 1.29 is 14.0 Å². The Bertz CT molecular complexity index is 369. The number of quaternary nitrogens is 1. The average molecular weight is 220 g/mol. The van der Waals surface area contributed by atoms with Crippen molar-refractivity contribution in [2.75, 3.05) is 27.2 Å². The number of epoxide rings is 1. The van der Waals surface area contributed by atoms with Crippen molar-refractivity contribution in [1.82, 2.24) is 0 Å². The van der Waals surface area contributed by atoms with Crippen LogP contribution in [0.5, 0.6) is 0 Å². The maximum absolute atomic E-state index is 11.7. The first-order chi connectivity index (χ1) is 7.57. The molecule has 3 heteroatoms. The van der Waals surface area contributed by atoms with Gasteiger partial charge in [0.2, 0.25) is 5.78 Å². The second kappa shape index (κ2) is 4.36. The quantitative estimate of drug-likeness (QED) is 0.552. The summed E-state index contributed by atoms with van der Waals surface area (Å²) in [5.41, 5.74) is 1.26. The Morgan fingerprint density at radius 2 is 2.00 bits per heavy atom. The highest BCUT2D eigenvalue weighted by atomic mass is 16.6. The van der Waals surface area contributed by atoms with Gasteiger partial charge in [-0.1, -0.05) is 30.3 Å². The minimum Gasteiger partial charge on any atom is -0.365 e. The van der Waals surface area contributed by atoms with Crippen LogP contribution in [0.4, 0.5) is 0 Å². The van der Waals surface area contributed by atoms with Crippen molar-refractivity contribution in [1.29, 1.82) is 0 Å². The number of Topliss-reactive ketones (excluding diaryl/α,β-unsaturated/α-hetero) is 1. The Kier molecular flexibility index (Phi) is 3.08. The van der Waals surface area contributed by atoms with Crippen LogP contribution in [0.25, 0.3) is 0 Å². The molecule has 2 rings (SSSR count). The molecule has 1 aromatic rings. The molecule has 1 aliphatic heterocycles. The Morgan fingerprint density at radius 3 is 2.56 bits per heavy atom. The Hall–Kier alpha value is -1.19. The summed E-state index contributed by atoms with van der Waals surface area (Å²) in [5, 5.41) is 0. The largest absolute Gasteiger partial charge is 0.365 e. The molecule has 1 heterocycles. The van der Waals surface area contributed by atoms with E-state index in [4.69, 9.17) is 4.74 Å². The van der Waals surface area contributed by atoms with Crippen LogP contribution in [-0.2, 0) is 16.1 Å². The third kappa shape index (κ3) is 3.15. The van der Waals surface area contributed by atoms with E-state index >= 15 is 0 Å². The predicted molar refractivity (Wildman–Crippen MR) is 61.9 cm³/mol. The van der Waals surface area contributed by atoms with Crippen LogP contribution >= 0.6 is 0 Å². The van der Waals surface area contributed by atoms with Gasteiger partial charge in [-0.2, -0.15) is 0 Å².